The molecule has 5 nitrogen and oxygen atoms in total. The highest BCUT2D eigenvalue weighted by atomic mass is 35.5. The fourth-order valence-electron chi connectivity index (χ4n) is 0.734. The van der Waals surface area contributed by atoms with E-state index in [1.165, 1.54) is 13.8 Å². The highest BCUT2D eigenvalue weighted by Gasteiger charge is 2.10. The van der Waals surface area contributed by atoms with Crippen molar-refractivity contribution in [2.45, 2.75) is 24.6 Å². The van der Waals surface area contributed by atoms with Gasteiger partial charge in [0.1, 0.15) is 24.0 Å². The van der Waals surface area contributed by atoms with E-state index in [-0.39, 0.29) is 26.4 Å². The van der Waals surface area contributed by atoms with Gasteiger partial charge in [0.2, 0.25) is 0 Å². The van der Waals surface area contributed by atoms with Gasteiger partial charge in [-0.2, -0.15) is 0 Å². The average molecular weight is 287 g/mol. The van der Waals surface area contributed by atoms with Gasteiger partial charge in [0.25, 0.3) is 0 Å². The Morgan fingerprint density at radius 1 is 0.882 bits per heavy atom. The summed E-state index contributed by atoms with van der Waals surface area (Å²) < 4.78 is 14.5. The quantitative estimate of drug-likeness (QED) is 0.383. The van der Waals surface area contributed by atoms with Crippen LogP contribution in [0.3, 0.4) is 0 Å². The third-order valence-electron chi connectivity index (χ3n) is 1.59. The maximum absolute atomic E-state index is 10.9. The molecule has 17 heavy (non-hydrogen) atoms. The smallest absolute Gasteiger partial charge is 0.323 e. The Kier molecular flexibility index (Phi) is 9.21. The molecule has 0 fully saturated rings. The van der Waals surface area contributed by atoms with Gasteiger partial charge in [-0.05, 0) is 13.8 Å². The number of carbonyl (C=O) groups is 2. The zero-order valence-electron chi connectivity index (χ0n) is 9.78. The zero-order chi connectivity index (χ0) is 13.3. The molecule has 0 saturated heterocycles. The molecule has 0 saturated carbocycles. The minimum Gasteiger partial charge on any atom is -0.462 e. The Balaban J connectivity index is 3.30. The third-order valence-corrected chi connectivity index (χ3v) is 1.95. The van der Waals surface area contributed by atoms with Crippen LogP contribution in [-0.2, 0) is 23.8 Å². The van der Waals surface area contributed by atoms with E-state index in [2.05, 4.69) is 0 Å². The molecule has 2 atom stereocenters. The topological polar surface area (TPSA) is 61.8 Å². The minimum atomic E-state index is -0.666. The molecule has 0 aliphatic carbocycles. The lowest BCUT2D eigenvalue weighted by molar-refractivity contribution is -0.145. The van der Waals surface area contributed by atoms with Crippen molar-refractivity contribution in [3.63, 3.8) is 0 Å². The van der Waals surface area contributed by atoms with Crippen molar-refractivity contribution < 1.29 is 23.8 Å². The largest absolute Gasteiger partial charge is 0.462 e. The first-order valence-corrected chi connectivity index (χ1v) is 6.01. The number of carbonyl (C=O) groups excluding carboxylic acids is 2. The number of halogens is 2. The fourth-order valence-corrected chi connectivity index (χ4v) is 0.860. The van der Waals surface area contributed by atoms with Crippen LogP contribution in [-0.4, -0.2) is 49.1 Å². The molecule has 0 aromatic rings. The van der Waals surface area contributed by atoms with E-state index >= 15 is 0 Å². The van der Waals surface area contributed by atoms with E-state index in [4.69, 9.17) is 37.4 Å². The van der Waals surface area contributed by atoms with Gasteiger partial charge in [-0.1, -0.05) is 0 Å². The van der Waals surface area contributed by atoms with Crippen LogP contribution < -0.4 is 0 Å². The Labute approximate surface area is 110 Å². The molecule has 2 unspecified atom stereocenters. The Hall–Kier alpha value is -0.520. The predicted octanol–water partition coefficient (Wildman–Crippen LogP) is 1.34. The molecular weight excluding hydrogens is 271 g/mol. The normalized spacial score (nSPS) is 13.9. The van der Waals surface area contributed by atoms with E-state index in [1.807, 2.05) is 0 Å². The van der Waals surface area contributed by atoms with Gasteiger partial charge in [0, 0.05) is 0 Å². The molecule has 0 N–H and O–H groups in total. The lowest BCUT2D eigenvalue weighted by Gasteiger charge is -2.08. The minimum absolute atomic E-state index is 0.121. The molecule has 0 aliphatic rings. The van der Waals surface area contributed by atoms with Gasteiger partial charge in [0.15, 0.2) is 0 Å². The fraction of sp³-hybridized carbons (Fsp3) is 0.800. The summed E-state index contributed by atoms with van der Waals surface area (Å²) in [6, 6.07) is 0. The molecule has 0 bridgehead atoms. The van der Waals surface area contributed by atoms with E-state index < -0.39 is 22.7 Å². The molecule has 0 aliphatic heterocycles. The summed E-state index contributed by atoms with van der Waals surface area (Å²) in [6.45, 7) is 3.74. The zero-order valence-corrected chi connectivity index (χ0v) is 11.3. The summed E-state index contributed by atoms with van der Waals surface area (Å²) in [4.78, 5) is 21.8. The summed E-state index contributed by atoms with van der Waals surface area (Å²) in [7, 11) is 0. The molecule has 7 heteroatoms. The standard InChI is InChI=1S/C10H16Cl2O5/c1-7(11)9(13)16-5-3-15-4-6-17-10(14)8(2)12/h7-8H,3-6H2,1-2H3. The van der Waals surface area contributed by atoms with E-state index in [0.717, 1.165) is 0 Å². The van der Waals surface area contributed by atoms with Crippen molar-refractivity contribution in [2.24, 2.45) is 0 Å². The lowest BCUT2D eigenvalue weighted by Crippen LogP contribution is -2.20. The summed E-state index contributed by atoms with van der Waals surface area (Å²) in [5, 5.41) is -1.33. The summed E-state index contributed by atoms with van der Waals surface area (Å²) >= 11 is 10.9. The van der Waals surface area contributed by atoms with Crippen LogP contribution in [0.25, 0.3) is 0 Å². The number of esters is 2. The number of alkyl halides is 2. The van der Waals surface area contributed by atoms with Crippen LogP contribution in [0.15, 0.2) is 0 Å². The van der Waals surface area contributed by atoms with Crippen LogP contribution >= 0.6 is 23.2 Å². The molecule has 0 spiro atoms. The number of hydrogen-bond donors (Lipinski definition) is 0. The van der Waals surface area contributed by atoms with Gasteiger partial charge < -0.3 is 14.2 Å². The molecule has 0 aromatic heterocycles. The Morgan fingerprint density at radius 2 is 1.24 bits per heavy atom. The van der Waals surface area contributed by atoms with Crippen molar-refractivity contribution in [1.82, 2.24) is 0 Å². The van der Waals surface area contributed by atoms with Gasteiger partial charge in [0.05, 0.1) is 13.2 Å². The van der Waals surface area contributed by atoms with Gasteiger partial charge >= 0.3 is 11.9 Å². The van der Waals surface area contributed by atoms with Crippen LogP contribution in [0.2, 0.25) is 0 Å². The second-order valence-electron chi connectivity index (χ2n) is 3.18. The van der Waals surface area contributed by atoms with Crippen LogP contribution in [0.4, 0.5) is 0 Å². The second-order valence-corrected chi connectivity index (χ2v) is 4.49. The second kappa shape index (κ2) is 9.50. The first-order valence-electron chi connectivity index (χ1n) is 5.14. The van der Waals surface area contributed by atoms with Crippen molar-refractivity contribution >= 4 is 35.1 Å². The van der Waals surface area contributed by atoms with Crippen molar-refractivity contribution in [3.05, 3.63) is 0 Å². The van der Waals surface area contributed by atoms with Crippen molar-refractivity contribution in [1.29, 1.82) is 0 Å². The molecule has 0 aromatic carbocycles. The Morgan fingerprint density at radius 3 is 1.53 bits per heavy atom. The van der Waals surface area contributed by atoms with Crippen molar-refractivity contribution in [2.75, 3.05) is 26.4 Å². The molecule has 0 radical (unpaired) electrons. The molecule has 100 valence electrons. The highest BCUT2D eigenvalue weighted by Crippen LogP contribution is 1.97. The Bertz CT molecular complexity index is 219. The van der Waals surface area contributed by atoms with Gasteiger partial charge in [-0.15, -0.1) is 23.2 Å². The average Bonchev–Trinajstić information content (AvgIpc) is 2.26. The lowest BCUT2D eigenvalue weighted by atomic mass is 10.5. The van der Waals surface area contributed by atoms with E-state index in [1.54, 1.807) is 0 Å². The van der Waals surface area contributed by atoms with Gasteiger partial charge in [-0.3, -0.25) is 9.59 Å². The van der Waals surface area contributed by atoms with Crippen LogP contribution in [0, 0.1) is 0 Å². The molecular formula is C10H16Cl2O5. The molecule has 0 heterocycles. The van der Waals surface area contributed by atoms with Crippen LogP contribution in [0.5, 0.6) is 0 Å². The summed E-state index contributed by atoms with van der Waals surface area (Å²) in [5.74, 6) is -0.977. The van der Waals surface area contributed by atoms with E-state index in [0.29, 0.717) is 0 Å². The maximum atomic E-state index is 10.9. The SMILES string of the molecule is CC(Cl)C(=O)OCCOCCOC(=O)C(C)Cl. The predicted molar refractivity (Wildman–Crippen MR) is 63.4 cm³/mol. The third kappa shape index (κ3) is 9.21. The van der Waals surface area contributed by atoms with E-state index in [9.17, 15) is 9.59 Å². The first kappa shape index (κ1) is 16.5. The van der Waals surface area contributed by atoms with Crippen LogP contribution in [0.1, 0.15) is 13.8 Å². The molecule has 0 amide bonds. The summed E-state index contributed by atoms with van der Waals surface area (Å²) in [6.07, 6.45) is 0. The maximum Gasteiger partial charge on any atom is 0.323 e. The van der Waals surface area contributed by atoms with Gasteiger partial charge in [-0.25, -0.2) is 0 Å². The first-order chi connectivity index (χ1) is 7.95. The summed E-state index contributed by atoms with van der Waals surface area (Å²) in [5.41, 5.74) is 0. The monoisotopic (exact) mass is 286 g/mol. The molecule has 0 rings (SSSR count). The highest BCUT2D eigenvalue weighted by molar-refractivity contribution is 6.29. The number of hydrogen-bond acceptors (Lipinski definition) is 5. The van der Waals surface area contributed by atoms with Crippen molar-refractivity contribution in [3.8, 4) is 0 Å². The number of rotatable bonds is 8. The number of ether oxygens (including phenoxy) is 3.